The van der Waals surface area contributed by atoms with Crippen LogP contribution in [0.3, 0.4) is 0 Å². The molecular weight excluding hydrogens is 324 g/mol. The van der Waals surface area contributed by atoms with Crippen LogP contribution in [-0.2, 0) is 9.59 Å². The molecule has 0 radical (unpaired) electrons. The highest BCUT2D eigenvalue weighted by atomic mass is 16.2. The van der Waals surface area contributed by atoms with Crippen molar-refractivity contribution in [3.63, 3.8) is 0 Å². The molecule has 1 saturated heterocycles. The van der Waals surface area contributed by atoms with Gasteiger partial charge in [-0.3, -0.25) is 9.59 Å². The first-order chi connectivity index (χ1) is 12.6. The zero-order valence-electron chi connectivity index (χ0n) is 15.2. The highest BCUT2D eigenvalue weighted by Gasteiger charge is 2.43. The Balaban J connectivity index is 1.86. The number of carbonyl (C=O) groups excluding carboxylic acids is 2. The number of anilines is 1. The van der Waals surface area contributed by atoms with Crippen molar-refractivity contribution in [3.05, 3.63) is 70.9 Å². The van der Waals surface area contributed by atoms with Gasteiger partial charge < -0.3 is 4.90 Å². The highest BCUT2D eigenvalue weighted by Crippen LogP contribution is 2.37. The smallest absolute Gasteiger partial charge is 0.282 e. The fourth-order valence-corrected chi connectivity index (χ4v) is 3.80. The van der Waals surface area contributed by atoms with Gasteiger partial charge in [0.25, 0.3) is 11.8 Å². The van der Waals surface area contributed by atoms with Gasteiger partial charge in [0.15, 0.2) is 0 Å². The summed E-state index contributed by atoms with van der Waals surface area (Å²) in [6.07, 6.45) is 2.10. The molecule has 0 unspecified atom stereocenters. The largest absolute Gasteiger partial charge is 0.366 e. The third-order valence-electron chi connectivity index (χ3n) is 5.15. The molecule has 132 valence electrons. The third-order valence-corrected chi connectivity index (χ3v) is 5.15. The quantitative estimate of drug-likeness (QED) is 0.796. The standard InChI is InChI=1S/C22H22N2O2/c1-15-10-11-16(2)18(14-15)24-21(25)19(17-8-4-3-5-9-17)20(22(24)26)23-12-6-7-13-23/h3-5,8-11,14H,6-7,12-13H2,1-2H3. The predicted molar refractivity (Wildman–Crippen MR) is 103 cm³/mol. The van der Waals surface area contributed by atoms with Crippen LogP contribution in [0.15, 0.2) is 54.2 Å². The molecule has 0 aromatic heterocycles. The summed E-state index contributed by atoms with van der Waals surface area (Å²) in [4.78, 5) is 30.2. The monoisotopic (exact) mass is 346 g/mol. The maximum atomic E-state index is 13.4. The molecule has 4 nitrogen and oxygen atoms in total. The van der Waals surface area contributed by atoms with Crippen LogP contribution in [0.1, 0.15) is 29.5 Å². The molecule has 0 saturated carbocycles. The Bertz CT molecular complexity index is 909. The third kappa shape index (κ3) is 2.62. The maximum absolute atomic E-state index is 13.4. The second-order valence-corrected chi connectivity index (χ2v) is 7.02. The van der Waals surface area contributed by atoms with E-state index in [9.17, 15) is 9.59 Å². The molecule has 2 aliphatic heterocycles. The normalized spacial score (nSPS) is 17.6. The molecule has 0 aliphatic carbocycles. The fraction of sp³-hybridized carbons (Fsp3) is 0.273. The van der Waals surface area contributed by atoms with Crippen molar-refractivity contribution in [1.82, 2.24) is 4.90 Å². The number of aryl methyl sites for hydroxylation is 2. The average molecular weight is 346 g/mol. The van der Waals surface area contributed by atoms with Crippen molar-refractivity contribution in [2.24, 2.45) is 0 Å². The number of hydrogen-bond donors (Lipinski definition) is 0. The molecule has 4 rings (SSSR count). The Kier molecular flexibility index (Phi) is 4.11. The zero-order valence-corrected chi connectivity index (χ0v) is 15.2. The Hall–Kier alpha value is -2.88. The first-order valence-corrected chi connectivity index (χ1v) is 9.08. The van der Waals surface area contributed by atoms with E-state index in [0.717, 1.165) is 42.6 Å². The van der Waals surface area contributed by atoms with Crippen molar-refractivity contribution in [2.45, 2.75) is 26.7 Å². The Morgan fingerprint density at radius 3 is 2.23 bits per heavy atom. The van der Waals surface area contributed by atoms with E-state index in [2.05, 4.69) is 4.90 Å². The molecule has 2 heterocycles. The average Bonchev–Trinajstić information content (AvgIpc) is 3.24. The van der Waals surface area contributed by atoms with Gasteiger partial charge in [0.05, 0.1) is 11.3 Å². The Morgan fingerprint density at radius 2 is 1.54 bits per heavy atom. The number of nitrogens with zero attached hydrogens (tertiary/aromatic N) is 2. The lowest BCUT2D eigenvalue weighted by Crippen LogP contribution is -2.35. The number of benzene rings is 2. The van der Waals surface area contributed by atoms with Crippen molar-refractivity contribution >= 4 is 23.1 Å². The molecule has 1 fully saturated rings. The van der Waals surface area contributed by atoms with Gasteiger partial charge in [0, 0.05) is 13.1 Å². The van der Waals surface area contributed by atoms with E-state index >= 15 is 0 Å². The summed E-state index contributed by atoms with van der Waals surface area (Å²) in [5.74, 6) is -0.429. The molecule has 0 spiro atoms. The van der Waals surface area contributed by atoms with Crippen molar-refractivity contribution < 1.29 is 9.59 Å². The molecule has 2 aromatic rings. The minimum absolute atomic E-state index is 0.204. The summed E-state index contributed by atoms with van der Waals surface area (Å²) in [6.45, 7) is 5.56. The van der Waals surface area contributed by atoms with E-state index < -0.39 is 0 Å². The lowest BCUT2D eigenvalue weighted by molar-refractivity contribution is -0.120. The van der Waals surface area contributed by atoms with Crippen molar-refractivity contribution in [3.8, 4) is 0 Å². The molecule has 0 N–H and O–H groups in total. The molecule has 2 aliphatic rings. The second-order valence-electron chi connectivity index (χ2n) is 7.02. The van der Waals surface area contributed by atoms with Crippen LogP contribution in [-0.4, -0.2) is 29.8 Å². The van der Waals surface area contributed by atoms with Crippen LogP contribution in [0.25, 0.3) is 5.57 Å². The predicted octanol–water partition coefficient (Wildman–Crippen LogP) is 3.68. The van der Waals surface area contributed by atoms with Gasteiger partial charge in [-0.1, -0.05) is 42.5 Å². The molecule has 2 aromatic carbocycles. The molecule has 0 bridgehead atoms. The van der Waals surface area contributed by atoms with E-state index in [4.69, 9.17) is 0 Å². The van der Waals surface area contributed by atoms with Gasteiger partial charge in [0.1, 0.15) is 5.70 Å². The lowest BCUT2D eigenvalue weighted by atomic mass is 10.0. The number of carbonyl (C=O) groups is 2. The van der Waals surface area contributed by atoms with Gasteiger partial charge in [0.2, 0.25) is 0 Å². The van der Waals surface area contributed by atoms with Crippen LogP contribution in [0.5, 0.6) is 0 Å². The van der Waals surface area contributed by atoms with Crippen LogP contribution >= 0.6 is 0 Å². The number of likely N-dealkylation sites (tertiary alicyclic amines) is 1. The summed E-state index contributed by atoms with van der Waals surface area (Å²) in [5, 5.41) is 0. The minimum Gasteiger partial charge on any atom is -0.366 e. The molecule has 2 amide bonds. The number of rotatable bonds is 3. The first kappa shape index (κ1) is 16.6. The van der Waals surface area contributed by atoms with Gasteiger partial charge >= 0.3 is 0 Å². The van der Waals surface area contributed by atoms with Gasteiger partial charge in [-0.05, 0) is 49.4 Å². The molecule has 0 atom stereocenters. The maximum Gasteiger partial charge on any atom is 0.282 e. The summed E-state index contributed by atoms with van der Waals surface area (Å²) in [6, 6.07) is 15.4. The van der Waals surface area contributed by atoms with Gasteiger partial charge in [-0.2, -0.15) is 0 Å². The van der Waals surface area contributed by atoms with E-state index in [-0.39, 0.29) is 11.8 Å². The summed E-state index contributed by atoms with van der Waals surface area (Å²) in [5.41, 5.74) is 4.52. The summed E-state index contributed by atoms with van der Waals surface area (Å²) >= 11 is 0. The number of imide groups is 1. The van der Waals surface area contributed by atoms with Crippen molar-refractivity contribution in [2.75, 3.05) is 18.0 Å². The van der Waals surface area contributed by atoms with Gasteiger partial charge in [-0.15, -0.1) is 0 Å². The van der Waals surface area contributed by atoms with E-state index in [1.54, 1.807) is 0 Å². The second kappa shape index (κ2) is 6.45. The number of amides is 2. The number of hydrogen-bond acceptors (Lipinski definition) is 3. The molecular formula is C22H22N2O2. The van der Waals surface area contributed by atoms with E-state index in [0.29, 0.717) is 17.0 Å². The van der Waals surface area contributed by atoms with Crippen LogP contribution < -0.4 is 4.90 Å². The highest BCUT2D eigenvalue weighted by molar-refractivity contribution is 6.45. The fourth-order valence-electron chi connectivity index (χ4n) is 3.80. The van der Waals surface area contributed by atoms with Crippen molar-refractivity contribution in [1.29, 1.82) is 0 Å². The lowest BCUT2D eigenvalue weighted by Gasteiger charge is -2.21. The van der Waals surface area contributed by atoms with Crippen LogP contribution in [0, 0.1) is 13.8 Å². The van der Waals surface area contributed by atoms with E-state index in [1.165, 1.54) is 4.90 Å². The van der Waals surface area contributed by atoms with E-state index in [1.807, 2.05) is 62.4 Å². The van der Waals surface area contributed by atoms with Crippen LogP contribution in [0.2, 0.25) is 0 Å². The zero-order chi connectivity index (χ0) is 18.3. The SMILES string of the molecule is Cc1ccc(C)c(N2C(=O)C(c3ccccc3)=C(N3CCCC3)C2=O)c1. The Morgan fingerprint density at radius 1 is 0.846 bits per heavy atom. The Labute approximate surface area is 153 Å². The topological polar surface area (TPSA) is 40.6 Å². The summed E-state index contributed by atoms with van der Waals surface area (Å²) < 4.78 is 0. The first-order valence-electron chi connectivity index (χ1n) is 9.08. The molecule has 4 heteroatoms. The van der Waals surface area contributed by atoms with Gasteiger partial charge in [-0.25, -0.2) is 4.90 Å². The van der Waals surface area contributed by atoms with Crippen LogP contribution in [0.4, 0.5) is 5.69 Å². The minimum atomic E-state index is -0.225. The summed E-state index contributed by atoms with van der Waals surface area (Å²) in [7, 11) is 0. The molecule has 26 heavy (non-hydrogen) atoms.